The van der Waals surface area contributed by atoms with Crippen molar-refractivity contribution >= 4 is 16.0 Å². The zero-order chi connectivity index (χ0) is 16.3. The molecule has 7 heteroatoms. The van der Waals surface area contributed by atoms with Crippen molar-refractivity contribution in [1.29, 1.82) is 0 Å². The smallest absolute Gasteiger partial charge is 0.304 e. The molecule has 0 aliphatic rings. The lowest BCUT2D eigenvalue weighted by Gasteiger charge is -2.31. The molecule has 21 heavy (non-hydrogen) atoms. The fourth-order valence-corrected chi connectivity index (χ4v) is 3.27. The molecule has 0 aliphatic heterocycles. The Kier molecular flexibility index (Phi) is 5.47. The monoisotopic (exact) mass is 317 g/mol. The van der Waals surface area contributed by atoms with Crippen LogP contribution in [-0.4, -0.2) is 25.2 Å². The molecule has 1 unspecified atom stereocenters. The van der Waals surface area contributed by atoms with Crippen molar-refractivity contribution in [3.63, 3.8) is 0 Å². The third-order valence-corrected chi connectivity index (χ3v) is 4.29. The van der Waals surface area contributed by atoms with Gasteiger partial charge < -0.3 is 5.11 Å². The van der Waals surface area contributed by atoms with Gasteiger partial charge in [0.25, 0.3) is 0 Å². The first-order valence-corrected chi connectivity index (χ1v) is 8.14. The minimum absolute atomic E-state index is 0.403. The lowest BCUT2D eigenvalue weighted by atomic mass is 9.83. The Morgan fingerprint density at radius 2 is 1.81 bits per heavy atom. The van der Waals surface area contributed by atoms with E-state index in [0.717, 1.165) is 0 Å². The van der Waals surface area contributed by atoms with Gasteiger partial charge in [-0.25, -0.2) is 17.5 Å². The quantitative estimate of drug-likeness (QED) is 0.843. The molecule has 118 valence electrons. The molecule has 0 fully saturated rings. The van der Waals surface area contributed by atoms with Gasteiger partial charge in [0.1, 0.15) is 5.82 Å². The van der Waals surface area contributed by atoms with Gasteiger partial charge in [0.2, 0.25) is 10.0 Å². The SMILES string of the molecule is CC(C)(C)C(NS(=O)(=O)CCC(=O)O)c1ccc(F)cc1. The first kappa shape index (κ1) is 17.6. The van der Waals surface area contributed by atoms with Gasteiger partial charge in [-0.3, -0.25) is 4.79 Å². The van der Waals surface area contributed by atoms with Crippen LogP contribution in [0.5, 0.6) is 0 Å². The van der Waals surface area contributed by atoms with E-state index < -0.39 is 45.4 Å². The minimum Gasteiger partial charge on any atom is -0.481 e. The first-order chi connectivity index (χ1) is 9.51. The molecular weight excluding hydrogens is 297 g/mol. The number of benzene rings is 1. The van der Waals surface area contributed by atoms with Crippen LogP contribution in [0.1, 0.15) is 38.8 Å². The van der Waals surface area contributed by atoms with E-state index in [9.17, 15) is 17.6 Å². The van der Waals surface area contributed by atoms with Crippen LogP contribution >= 0.6 is 0 Å². The molecule has 0 aliphatic carbocycles. The van der Waals surface area contributed by atoms with Gasteiger partial charge in [0.05, 0.1) is 18.2 Å². The summed E-state index contributed by atoms with van der Waals surface area (Å²) in [6, 6.07) is 4.99. The molecule has 0 heterocycles. The topological polar surface area (TPSA) is 83.5 Å². The van der Waals surface area contributed by atoms with Gasteiger partial charge in [-0.05, 0) is 23.1 Å². The Morgan fingerprint density at radius 1 is 1.29 bits per heavy atom. The molecular formula is C14H20FNO4S. The number of sulfonamides is 1. The number of nitrogens with one attached hydrogen (secondary N) is 1. The van der Waals surface area contributed by atoms with Crippen LogP contribution in [0.15, 0.2) is 24.3 Å². The summed E-state index contributed by atoms with van der Waals surface area (Å²) in [6.45, 7) is 5.54. The van der Waals surface area contributed by atoms with E-state index in [1.54, 1.807) is 0 Å². The maximum absolute atomic E-state index is 13.0. The van der Waals surface area contributed by atoms with Crippen LogP contribution < -0.4 is 4.72 Å². The second-order valence-corrected chi connectivity index (χ2v) is 7.80. The Balaban J connectivity index is 3.00. The van der Waals surface area contributed by atoms with E-state index >= 15 is 0 Å². The van der Waals surface area contributed by atoms with E-state index in [1.165, 1.54) is 24.3 Å². The molecule has 0 aromatic heterocycles. The third-order valence-electron chi connectivity index (χ3n) is 2.95. The predicted molar refractivity (Wildman–Crippen MR) is 77.8 cm³/mol. The van der Waals surface area contributed by atoms with Gasteiger partial charge in [0, 0.05) is 0 Å². The van der Waals surface area contributed by atoms with Gasteiger partial charge in [-0.15, -0.1) is 0 Å². The summed E-state index contributed by atoms with van der Waals surface area (Å²) in [5, 5.41) is 8.58. The van der Waals surface area contributed by atoms with Crippen LogP contribution in [0.4, 0.5) is 4.39 Å². The molecule has 1 aromatic carbocycles. The van der Waals surface area contributed by atoms with Crippen LogP contribution in [-0.2, 0) is 14.8 Å². The molecule has 0 bridgehead atoms. The Labute approximate surface area is 124 Å². The van der Waals surface area contributed by atoms with Crippen molar-refractivity contribution < 1.29 is 22.7 Å². The van der Waals surface area contributed by atoms with E-state index in [-0.39, 0.29) is 0 Å². The van der Waals surface area contributed by atoms with Crippen molar-refractivity contribution in [2.45, 2.75) is 33.2 Å². The van der Waals surface area contributed by atoms with Crippen molar-refractivity contribution in [1.82, 2.24) is 4.72 Å². The number of carboxylic acid groups (broad SMARTS) is 1. The number of hydrogen-bond donors (Lipinski definition) is 2. The summed E-state index contributed by atoms with van der Waals surface area (Å²) in [6.07, 6.45) is -0.463. The fourth-order valence-electron chi connectivity index (χ4n) is 1.86. The summed E-state index contributed by atoms with van der Waals surface area (Å²) in [5.41, 5.74) is 0.177. The van der Waals surface area contributed by atoms with Crippen LogP contribution in [0.25, 0.3) is 0 Å². The zero-order valence-corrected chi connectivity index (χ0v) is 13.1. The number of carboxylic acids is 1. The molecule has 0 radical (unpaired) electrons. The molecule has 1 atom stereocenters. The molecule has 0 saturated carbocycles. The van der Waals surface area contributed by atoms with Gasteiger partial charge in [0.15, 0.2) is 0 Å². The second-order valence-electron chi connectivity index (χ2n) is 5.93. The first-order valence-electron chi connectivity index (χ1n) is 6.48. The highest BCUT2D eigenvalue weighted by atomic mass is 32.2. The average Bonchev–Trinajstić information content (AvgIpc) is 2.34. The third kappa shape index (κ3) is 5.81. The highest BCUT2D eigenvalue weighted by Gasteiger charge is 2.30. The second kappa shape index (κ2) is 6.53. The van der Waals surface area contributed by atoms with Gasteiger partial charge >= 0.3 is 5.97 Å². The van der Waals surface area contributed by atoms with Crippen molar-refractivity contribution in [3.05, 3.63) is 35.6 Å². The van der Waals surface area contributed by atoms with Gasteiger partial charge in [-0.1, -0.05) is 32.9 Å². The normalized spacial score (nSPS) is 13.9. The molecule has 0 saturated heterocycles. The molecule has 5 nitrogen and oxygen atoms in total. The van der Waals surface area contributed by atoms with Crippen molar-refractivity contribution in [2.24, 2.45) is 5.41 Å². The summed E-state index contributed by atoms with van der Waals surface area (Å²) in [4.78, 5) is 10.5. The van der Waals surface area contributed by atoms with Crippen molar-refractivity contribution in [3.8, 4) is 0 Å². The summed E-state index contributed by atoms with van der Waals surface area (Å²) in [5.74, 6) is -2.06. The summed E-state index contributed by atoms with van der Waals surface area (Å²) < 4.78 is 39.5. The number of aliphatic carboxylic acids is 1. The van der Waals surface area contributed by atoms with Crippen molar-refractivity contribution in [2.75, 3.05) is 5.75 Å². The molecule has 0 spiro atoms. The zero-order valence-electron chi connectivity index (χ0n) is 12.3. The maximum atomic E-state index is 13.0. The number of hydrogen-bond acceptors (Lipinski definition) is 3. The van der Waals surface area contributed by atoms with E-state index in [0.29, 0.717) is 5.56 Å². The van der Waals surface area contributed by atoms with E-state index in [1.807, 2.05) is 20.8 Å². The lowest BCUT2D eigenvalue weighted by molar-refractivity contribution is -0.136. The summed E-state index contributed by atoms with van der Waals surface area (Å²) in [7, 11) is -3.74. The van der Waals surface area contributed by atoms with Crippen LogP contribution in [0.3, 0.4) is 0 Å². The summed E-state index contributed by atoms with van der Waals surface area (Å²) >= 11 is 0. The fraction of sp³-hybridized carbons (Fsp3) is 0.500. The molecule has 1 rings (SSSR count). The Bertz CT molecular complexity index is 590. The Morgan fingerprint density at radius 3 is 2.24 bits per heavy atom. The maximum Gasteiger partial charge on any atom is 0.304 e. The van der Waals surface area contributed by atoms with Crippen LogP contribution in [0.2, 0.25) is 0 Å². The highest BCUT2D eigenvalue weighted by molar-refractivity contribution is 7.89. The largest absolute Gasteiger partial charge is 0.481 e. The van der Waals surface area contributed by atoms with Crippen LogP contribution in [0, 0.1) is 11.2 Å². The average molecular weight is 317 g/mol. The number of halogens is 1. The minimum atomic E-state index is -3.74. The molecule has 1 aromatic rings. The number of rotatable bonds is 6. The van der Waals surface area contributed by atoms with Gasteiger partial charge in [-0.2, -0.15) is 0 Å². The standard InChI is InChI=1S/C14H20FNO4S/c1-14(2,3)13(10-4-6-11(15)7-5-10)16-21(19,20)9-8-12(17)18/h4-7,13,16H,8-9H2,1-3H3,(H,17,18). The molecule has 0 amide bonds. The Hall–Kier alpha value is -1.47. The van der Waals surface area contributed by atoms with E-state index in [2.05, 4.69) is 4.72 Å². The van der Waals surface area contributed by atoms with E-state index in [4.69, 9.17) is 5.11 Å². The highest BCUT2D eigenvalue weighted by Crippen LogP contribution is 2.33. The molecule has 2 N–H and O–H groups in total. The lowest BCUT2D eigenvalue weighted by Crippen LogP contribution is -2.38. The number of carbonyl (C=O) groups is 1. The predicted octanol–water partition coefficient (Wildman–Crippen LogP) is 2.31.